The maximum atomic E-state index is 12.5. The molecule has 0 aromatic carbocycles. The Kier molecular flexibility index (Phi) is 5.65. The fourth-order valence-electron chi connectivity index (χ4n) is 2.09. The van der Waals surface area contributed by atoms with Gasteiger partial charge in [0, 0.05) is 24.6 Å². The molecule has 2 aromatic heterocycles. The molecular weight excluding hydrogens is 396 g/mol. The van der Waals surface area contributed by atoms with Gasteiger partial charge in [0.2, 0.25) is 21.0 Å². The summed E-state index contributed by atoms with van der Waals surface area (Å²) >= 11 is 0. The van der Waals surface area contributed by atoms with Crippen LogP contribution in [-0.2, 0) is 20.0 Å². The molecule has 2 heterocycles. The number of pyridine rings is 1. The van der Waals surface area contributed by atoms with Crippen LogP contribution in [0.25, 0.3) is 0 Å². The molecule has 0 aliphatic carbocycles. The van der Waals surface area contributed by atoms with Crippen molar-refractivity contribution in [1.82, 2.24) is 19.7 Å². The van der Waals surface area contributed by atoms with E-state index in [9.17, 15) is 21.6 Å². The molecule has 2 rings (SSSR count). The van der Waals surface area contributed by atoms with Gasteiger partial charge in [0.05, 0.1) is 11.9 Å². The van der Waals surface area contributed by atoms with Crippen molar-refractivity contribution in [2.45, 2.75) is 18.9 Å². The smallest absolute Gasteiger partial charge is 0.275 e. The van der Waals surface area contributed by atoms with Crippen LogP contribution in [-0.4, -0.2) is 51.1 Å². The van der Waals surface area contributed by atoms with Crippen molar-refractivity contribution >= 4 is 37.7 Å². The Labute approximate surface area is 157 Å². The van der Waals surface area contributed by atoms with Gasteiger partial charge in [-0.2, -0.15) is 8.42 Å². The molecule has 2 amide bonds. The van der Waals surface area contributed by atoms with Crippen LogP contribution in [0.15, 0.2) is 29.4 Å². The Balaban J connectivity index is 2.30. The van der Waals surface area contributed by atoms with Crippen LogP contribution in [0, 0.1) is 13.8 Å². The van der Waals surface area contributed by atoms with E-state index in [1.807, 2.05) is 0 Å². The van der Waals surface area contributed by atoms with Crippen molar-refractivity contribution in [3.63, 3.8) is 0 Å². The molecule has 0 aliphatic heterocycles. The number of nitrogens with zero attached hydrogens (tertiary/aromatic N) is 4. The predicted octanol–water partition coefficient (Wildman–Crippen LogP) is 0.395. The summed E-state index contributed by atoms with van der Waals surface area (Å²) in [5.74, 6) is -0.0744. The first-order valence-electron chi connectivity index (χ1n) is 7.45. The maximum Gasteiger partial charge on any atom is 0.335 e. The molecule has 2 N–H and O–H groups in total. The quantitative estimate of drug-likeness (QED) is 0.713. The fraction of sp³-hybridized carbons (Fsp3) is 0.286. The number of anilines is 2. The minimum Gasteiger partial charge on any atom is -0.275 e. The monoisotopic (exact) mass is 414 g/mol. The van der Waals surface area contributed by atoms with Crippen molar-refractivity contribution in [3.8, 4) is 0 Å². The number of nitrogens with one attached hydrogen (secondary N) is 2. The van der Waals surface area contributed by atoms with Crippen LogP contribution in [0.1, 0.15) is 11.4 Å². The van der Waals surface area contributed by atoms with Crippen LogP contribution < -0.4 is 14.3 Å². The second kappa shape index (κ2) is 7.44. The molecule has 0 unspecified atom stereocenters. The molecule has 11 nitrogen and oxygen atoms in total. The van der Waals surface area contributed by atoms with Gasteiger partial charge < -0.3 is 0 Å². The Bertz CT molecular complexity index is 1060. The largest absolute Gasteiger partial charge is 0.335 e. The number of urea groups is 1. The second-order valence-electron chi connectivity index (χ2n) is 5.59. The lowest BCUT2D eigenvalue weighted by Gasteiger charge is -2.19. The second-order valence-corrected chi connectivity index (χ2v) is 9.20. The van der Waals surface area contributed by atoms with Gasteiger partial charge in [-0.05, 0) is 32.0 Å². The minimum absolute atomic E-state index is 0.0744. The number of hydrogen-bond donors (Lipinski definition) is 2. The van der Waals surface area contributed by atoms with Gasteiger partial charge in [-0.3, -0.25) is 9.62 Å². The van der Waals surface area contributed by atoms with Gasteiger partial charge in [-0.1, -0.05) is 0 Å². The highest BCUT2D eigenvalue weighted by Crippen LogP contribution is 2.23. The third-order valence-electron chi connectivity index (χ3n) is 3.28. The maximum absolute atomic E-state index is 12.5. The molecule has 27 heavy (non-hydrogen) atoms. The Hall–Kier alpha value is -2.80. The fourth-order valence-corrected chi connectivity index (χ4v) is 3.72. The van der Waals surface area contributed by atoms with Crippen molar-refractivity contribution < 1.29 is 21.6 Å². The molecule has 0 bridgehead atoms. The van der Waals surface area contributed by atoms with Gasteiger partial charge in [-0.25, -0.2) is 32.9 Å². The van der Waals surface area contributed by atoms with Crippen LogP contribution in [0.4, 0.5) is 16.4 Å². The zero-order chi connectivity index (χ0) is 20.4. The van der Waals surface area contributed by atoms with Gasteiger partial charge in [-0.15, -0.1) is 0 Å². The molecule has 13 heteroatoms. The van der Waals surface area contributed by atoms with E-state index in [1.165, 1.54) is 25.4 Å². The first-order chi connectivity index (χ1) is 12.4. The van der Waals surface area contributed by atoms with Crippen molar-refractivity contribution in [2.75, 3.05) is 22.9 Å². The molecule has 0 radical (unpaired) electrons. The molecule has 0 saturated heterocycles. The molecule has 0 saturated carbocycles. The minimum atomic E-state index is -4.47. The molecule has 0 aliphatic rings. The van der Waals surface area contributed by atoms with E-state index in [-0.39, 0.29) is 11.6 Å². The molecule has 146 valence electrons. The van der Waals surface area contributed by atoms with Gasteiger partial charge in [0.15, 0.2) is 0 Å². The Morgan fingerprint density at radius 3 is 2.26 bits per heavy atom. The first-order valence-corrected chi connectivity index (χ1v) is 10.8. The molecule has 0 fully saturated rings. The van der Waals surface area contributed by atoms with Crippen LogP contribution in [0.2, 0.25) is 0 Å². The highest BCUT2D eigenvalue weighted by Gasteiger charge is 2.27. The van der Waals surface area contributed by atoms with Crippen LogP contribution in [0.3, 0.4) is 0 Å². The number of aryl methyl sites for hydroxylation is 2. The van der Waals surface area contributed by atoms with Gasteiger partial charge in [0.25, 0.3) is 10.0 Å². The Morgan fingerprint density at radius 2 is 1.70 bits per heavy atom. The van der Waals surface area contributed by atoms with E-state index < -0.39 is 31.1 Å². The van der Waals surface area contributed by atoms with E-state index in [0.717, 1.165) is 10.6 Å². The highest BCUT2D eigenvalue weighted by atomic mass is 32.2. The molecular formula is C14H18N6O5S2. The lowest BCUT2D eigenvalue weighted by Crippen LogP contribution is -2.37. The summed E-state index contributed by atoms with van der Waals surface area (Å²) in [7, 11) is -7.04. The summed E-state index contributed by atoms with van der Waals surface area (Å²) in [5, 5.41) is 1.60. The number of hydrogen-bond acceptors (Lipinski definition) is 8. The number of carbonyl (C=O) groups is 1. The zero-order valence-corrected chi connectivity index (χ0v) is 16.6. The number of carbonyl (C=O) groups excluding carboxylic acids is 1. The average Bonchev–Trinajstić information content (AvgIpc) is 2.51. The summed E-state index contributed by atoms with van der Waals surface area (Å²) < 4.78 is 51.0. The van der Waals surface area contributed by atoms with Crippen molar-refractivity contribution in [1.29, 1.82) is 0 Å². The Morgan fingerprint density at radius 1 is 1.11 bits per heavy atom. The van der Waals surface area contributed by atoms with Crippen molar-refractivity contribution in [2.24, 2.45) is 0 Å². The summed E-state index contributed by atoms with van der Waals surface area (Å²) in [4.78, 5) is 23.7. The van der Waals surface area contributed by atoms with Crippen LogP contribution >= 0.6 is 0 Å². The van der Waals surface area contributed by atoms with E-state index in [4.69, 9.17) is 0 Å². The SMILES string of the molecule is Cc1cc(C)nc(NC(=O)NS(=O)(=O)c2ncccc2N(C)S(C)(=O)=O)n1. The average molecular weight is 414 g/mol. The topological polar surface area (TPSA) is 151 Å². The first kappa shape index (κ1) is 20.5. The van der Waals surface area contributed by atoms with Crippen molar-refractivity contribution in [3.05, 3.63) is 35.8 Å². The zero-order valence-electron chi connectivity index (χ0n) is 15.0. The highest BCUT2D eigenvalue weighted by molar-refractivity contribution is 7.92. The van der Waals surface area contributed by atoms with Gasteiger partial charge >= 0.3 is 6.03 Å². The summed E-state index contributed by atoms with van der Waals surface area (Å²) in [6, 6.07) is 3.20. The molecule has 2 aromatic rings. The lowest BCUT2D eigenvalue weighted by molar-refractivity contribution is 0.256. The number of amides is 2. The molecule has 0 atom stereocenters. The van der Waals surface area contributed by atoms with E-state index in [2.05, 4.69) is 20.3 Å². The normalized spacial score (nSPS) is 11.7. The van der Waals surface area contributed by atoms with Crippen LogP contribution in [0.5, 0.6) is 0 Å². The summed E-state index contributed by atoms with van der Waals surface area (Å²) in [6.45, 7) is 3.38. The summed E-state index contributed by atoms with van der Waals surface area (Å²) in [6.07, 6.45) is 2.08. The van der Waals surface area contributed by atoms with Gasteiger partial charge in [0.1, 0.15) is 0 Å². The number of sulfonamides is 2. The van der Waals surface area contributed by atoms with E-state index in [0.29, 0.717) is 11.4 Å². The predicted molar refractivity (Wildman–Crippen MR) is 98.3 cm³/mol. The standard InChI is InChI=1S/C14H18N6O5S2/c1-9-8-10(2)17-13(16-9)18-14(21)19-27(24,25)12-11(6-5-7-15-12)20(3)26(4,22)23/h5-8H,1-4H3,(H2,16,17,18,19,21). The number of rotatable bonds is 5. The summed E-state index contributed by atoms with van der Waals surface area (Å²) in [5.41, 5.74) is 0.966. The third-order valence-corrected chi connectivity index (χ3v) is 5.75. The lowest BCUT2D eigenvalue weighted by atomic mass is 10.4. The third kappa shape index (κ3) is 5.10. The van der Waals surface area contributed by atoms with E-state index in [1.54, 1.807) is 24.6 Å². The number of aromatic nitrogens is 3. The van der Waals surface area contributed by atoms with E-state index >= 15 is 0 Å². The molecule has 0 spiro atoms.